The van der Waals surface area contributed by atoms with Gasteiger partial charge < -0.3 is 9.88 Å². The Kier molecular flexibility index (Phi) is 3.83. The number of hydrogen-bond donors (Lipinski definition) is 1. The molecule has 2 unspecified atom stereocenters. The van der Waals surface area contributed by atoms with Crippen LogP contribution in [0.3, 0.4) is 0 Å². The molecular formula is C15H19ClN2O2. The van der Waals surface area contributed by atoms with Crippen LogP contribution >= 0.6 is 11.6 Å². The second-order valence-corrected chi connectivity index (χ2v) is 6.23. The fourth-order valence-electron chi connectivity index (χ4n) is 3.62. The maximum Gasteiger partial charge on any atom is 0.266 e. The van der Waals surface area contributed by atoms with Gasteiger partial charge in [-0.3, -0.25) is 9.59 Å². The Morgan fingerprint density at radius 3 is 2.80 bits per heavy atom. The van der Waals surface area contributed by atoms with Gasteiger partial charge in [0.1, 0.15) is 5.02 Å². The number of nitrogens with zero attached hydrogens (tertiary/aromatic N) is 1. The highest BCUT2D eigenvalue weighted by Gasteiger charge is 2.36. The molecule has 5 heteroatoms. The Morgan fingerprint density at radius 2 is 2.00 bits per heavy atom. The van der Waals surface area contributed by atoms with Crippen molar-refractivity contribution in [1.29, 1.82) is 0 Å². The number of carbonyl (C=O) groups excluding carboxylic acids is 1. The minimum Gasteiger partial charge on any atom is -0.335 e. The summed E-state index contributed by atoms with van der Waals surface area (Å²) in [5.41, 5.74) is 0.137. The third kappa shape index (κ3) is 2.49. The lowest BCUT2D eigenvalue weighted by Crippen LogP contribution is -2.49. The lowest BCUT2D eigenvalue weighted by Gasteiger charge is -2.44. The van der Waals surface area contributed by atoms with E-state index in [-0.39, 0.29) is 16.5 Å². The Balaban J connectivity index is 1.84. The summed E-state index contributed by atoms with van der Waals surface area (Å²) in [6.07, 6.45) is 8.62. The predicted octanol–water partition coefficient (Wildman–Crippen LogP) is 2.82. The average Bonchev–Trinajstić information content (AvgIpc) is 2.49. The minimum atomic E-state index is -0.350. The van der Waals surface area contributed by atoms with Gasteiger partial charge in [-0.2, -0.15) is 0 Å². The number of pyridine rings is 1. The van der Waals surface area contributed by atoms with Crippen molar-refractivity contribution in [3.8, 4) is 0 Å². The van der Waals surface area contributed by atoms with E-state index >= 15 is 0 Å². The second kappa shape index (κ2) is 5.60. The first-order chi connectivity index (χ1) is 9.66. The maximum atomic E-state index is 12.7. The molecule has 4 nitrogen and oxygen atoms in total. The van der Waals surface area contributed by atoms with Crippen molar-refractivity contribution in [2.75, 3.05) is 6.54 Å². The molecule has 1 amide bonds. The summed E-state index contributed by atoms with van der Waals surface area (Å²) in [4.78, 5) is 28.5. The molecule has 1 aliphatic carbocycles. The molecule has 0 spiro atoms. The van der Waals surface area contributed by atoms with Crippen LogP contribution in [0.4, 0.5) is 0 Å². The van der Waals surface area contributed by atoms with E-state index in [4.69, 9.17) is 11.6 Å². The van der Waals surface area contributed by atoms with Crippen molar-refractivity contribution in [3.05, 3.63) is 33.2 Å². The average molecular weight is 295 g/mol. The van der Waals surface area contributed by atoms with Crippen molar-refractivity contribution < 1.29 is 4.79 Å². The summed E-state index contributed by atoms with van der Waals surface area (Å²) in [6.45, 7) is 0.816. The number of halogens is 1. The zero-order valence-electron chi connectivity index (χ0n) is 11.4. The largest absolute Gasteiger partial charge is 0.335 e. The van der Waals surface area contributed by atoms with E-state index in [0.717, 1.165) is 19.4 Å². The van der Waals surface area contributed by atoms with Gasteiger partial charge in [-0.1, -0.05) is 24.4 Å². The van der Waals surface area contributed by atoms with Crippen LogP contribution in [-0.4, -0.2) is 28.4 Å². The van der Waals surface area contributed by atoms with Gasteiger partial charge in [0.05, 0.1) is 5.56 Å². The Hall–Kier alpha value is -1.29. The number of likely N-dealkylation sites (tertiary alicyclic amines) is 1. The maximum absolute atomic E-state index is 12.7. The fourth-order valence-corrected chi connectivity index (χ4v) is 3.79. The van der Waals surface area contributed by atoms with Gasteiger partial charge in [0.2, 0.25) is 0 Å². The molecule has 2 aliphatic rings. The van der Waals surface area contributed by atoms with Crippen LogP contribution in [0.25, 0.3) is 0 Å². The number of rotatable bonds is 1. The van der Waals surface area contributed by atoms with Crippen molar-refractivity contribution in [3.63, 3.8) is 0 Å². The van der Waals surface area contributed by atoms with E-state index in [1.165, 1.54) is 37.9 Å². The van der Waals surface area contributed by atoms with Crippen LogP contribution < -0.4 is 5.56 Å². The number of hydrogen-bond acceptors (Lipinski definition) is 2. The van der Waals surface area contributed by atoms with Crippen molar-refractivity contribution in [1.82, 2.24) is 9.88 Å². The highest BCUT2D eigenvalue weighted by atomic mass is 35.5. The molecule has 1 aromatic rings. The van der Waals surface area contributed by atoms with Gasteiger partial charge in [0.25, 0.3) is 11.5 Å². The molecule has 1 saturated carbocycles. The van der Waals surface area contributed by atoms with Crippen LogP contribution in [0, 0.1) is 5.92 Å². The number of aromatic nitrogens is 1. The standard InChI is InChI=1S/C15H19ClN2O2/c16-12-8-11(9-17-14(12)19)15(20)18-7-3-5-10-4-1-2-6-13(10)18/h8-10,13H,1-7H2,(H,17,19). The summed E-state index contributed by atoms with van der Waals surface area (Å²) in [6, 6.07) is 1.85. The van der Waals surface area contributed by atoms with E-state index in [9.17, 15) is 9.59 Å². The number of aromatic amines is 1. The van der Waals surface area contributed by atoms with Crippen LogP contribution in [0.5, 0.6) is 0 Å². The van der Waals surface area contributed by atoms with Gasteiger partial charge in [-0.15, -0.1) is 0 Å². The molecule has 2 fully saturated rings. The van der Waals surface area contributed by atoms with Crippen LogP contribution in [0.2, 0.25) is 5.02 Å². The topological polar surface area (TPSA) is 53.2 Å². The van der Waals surface area contributed by atoms with Gasteiger partial charge in [-0.05, 0) is 37.7 Å². The van der Waals surface area contributed by atoms with Gasteiger partial charge >= 0.3 is 0 Å². The highest BCUT2D eigenvalue weighted by molar-refractivity contribution is 6.30. The Morgan fingerprint density at radius 1 is 1.25 bits per heavy atom. The number of amides is 1. The smallest absolute Gasteiger partial charge is 0.266 e. The van der Waals surface area contributed by atoms with Crippen molar-refractivity contribution in [2.45, 2.75) is 44.6 Å². The van der Waals surface area contributed by atoms with Crippen molar-refractivity contribution in [2.24, 2.45) is 5.92 Å². The molecule has 0 radical (unpaired) electrons. The van der Waals surface area contributed by atoms with Gasteiger partial charge in [0, 0.05) is 18.8 Å². The van der Waals surface area contributed by atoms with Crippen LogP contribution in [-0.2, 0) is 0 Å². The molecule has 108 valence electrons. The summed E-state index contributed by atoms with van der Waals surface area (Å²) in [7, 11) is 0. The number of carbonyl (C=O) groups is 1. The van der Waals surface area contributed by atoms with Crippen LogP contribution in [0.15, 0.2) is 17.1 Å². The quantitative estimate of drug-likeness (QED) is 0.866. The lowest BCUT2D eigenvalue weighted by molar-refractivity contribution is 0.0390. The molecule has 1 saturated heterocycles. The van der Waals surface area contributed by atoms with E-state index in [1.807, 2.05) is 4.90 Å². The molecule has 0 bridgehead atoms. The first kappa shape index (κ1) is 13.7. The van der Waals surface area contributed by atoms with Gasteiger partial charge in [-0.25, -0.2) is 0 Å². The number of nitrogens with one attached hydrogen (secondary N) is 1. The third-order valence-corrected chi connectivity index (χ3v) is 4.89. The monoisotopic (exact) mass is 294 g/mol. The van der Waals surface area contributed by atoms with E-state index in [1.54, 1.807) is 0 Å². The van der Waals surface area contributed by atoms with Crippen LogP contribution in [0.1, 0.15) is 48.9 Å². The summed E-state index contributed by atoms with van der Waals surface area (Å²) >= 11 is 5.82. The molecule has 3 rings (SSSR count). The first-order valence-corrected chi connectivity index (χ1v) is 7.74. The molecule has 1 aromatic heterocycles. The van der Waals surface area contributed by atoms with E-state index in [0.29, 0.717) is 17.5 Å². The minimum absolute atomic E-state index is 0.000231. The molecule has 0 aromatic carbocycles. The normalized spacial score (nSPS) is 26.1. The lowest BCUT2D eigenvalue weighted by atomic mass is 9.78. The zero-order valence-corrected chi connectivity index (χ0v) is 12.2. The molecule has 2 atom stereocenters. The number of fused-ring (bicyclic) bond motifs is 1. The third-order valence-electron chi connectivity index (χ3n) is 4.61. The fraction of sp³-hybridized carbons (Fsp3) is 0.600. The molecule has 1 aliphatic heterocycles. The molecular weight excluding hydrogens is 276 g/mol. The second-order valence-electron chi connectivity index (χ2n) is 5.82. The Bertz CT molecular complexity index is 567. The van der Waals surface area contributed by atoms with E-state index in [2.05, 4.69) is 4.98 Å². The molecule has 20 heavy (non-hydrogen) atoms. The summed E-state index contributed by atoms with van der Waals surface area (Å²) < 4.78 is 0. The predicted molar refractivity (Wildman–Crippen MR) is 78.1 cm³/mol. The zero-order chi connectivity index (χ0) is 14.1. The first-order valence-electron chi connectivity index (χ1n) is 7.36. The molecule has 2 heterocycles. The number of H-pyrrole nitrogens is 1. The highest BCUT2D eigenvalue weighted by Crippen LogP contribution is 2.35. The van der Waals surface area contributed by atoms with Crippen molar-refractivity contribution >= 4 is 17.5 Å². The summed E-state index contributed by atoms with van der Waals surface area (Å²) in [5, 5.41) is 0.0769. The van der Waals surface area contributed by atoms with Gasteiger partial charge in [0.15, 0.2) is 0 Å². The molecule has 1 N–H and O–H groups in total. The number of piperidine rings is 1. The SMILES string of the molecule is O=C(c1c[nH]c(=O)c(Cl)c1)N1CCCC2CCCCC21. The summed E-state index contributed by atoms with van der Waals surface area (Å²) in [5.74, 6) is 0.652. The van der Waals surface area contributed by atoms with E-state index < -0.39 is 0 Å². The Labute approximate surface area is 123 Å².